The fraction of sp³-hybridized carbons (Fsp3) is 0.118. The number of carbonyl (C=O) groups excluding carboxylic acids is 1. The number of halogens is 1. The van der Waals surface area contributed by atoms with Crippen LogP contribution in [0, 0.1) is 6.92 Å². The van der Waals surface area contributed by atoms with Crippen LogP contribution < -0.4 is 5.32 Å². The van der Waals surface area contributed by atoms with Gasteiger partial charge in [0.15, 0.2) is 0 Å². The lowest BCUT2D eigenvalue weighted by Gasteiger charge is -2.04. The third kappa shape index (κ3) is 2.93. The Morgan fingerprint density at radius 3 is 2.76 bits per heavy atom. The van der Waals surface area contributed by atoms with Gasteiger partial charge in [0.2, 0.25) is 5.91 Å². The van der Waals surface area contributed by atoms with Gasteiger partial charge in [0.05, 0.1) is 12.7 Å². The average molecular weight is 300 g/mol. The quantitative estimate of drug-likeness (QED) is 0.769. The van der Waals surface area contributed by atoms with Crippen molar-refractivity contribution in [2.45, 2.75) is 13.3 Å². The van der Waals surface area contributed by atoms with Crippen molar-refractivity contribution in [3.63, 3.8) is 0 Å². The number of hydrogen-bond acceptors (Lipinski definition) is 2. The highest BCUT2D eigenvalue weighted by atomic mass is 35.5. The van der Waals surface area contributed by atoms with E-state index in [0.717, 1.165) is 27.8 Å². The standard InChI is InChI=1S/C17H14ClNO2/c1-11-7-16-14(9-15(11)18)12(10-21-16)8-17(20)19-13-5-3-2-4-6-13/h2-7,9-10H,8H2,1H3,(H,19,20). The summed E-state index contributed by atoms with van der Waals surface area (Å²) in [5, 5.41) is 4.42. The van der Waals surface area contributed by atoms with E-state index in [1.165, 1.54) is 0 Å². The summed E-state index contributed by atoms with van der Waals surface area (Å²) in [5.41, 5.74) is 3.32. The average Bonchev–Trinajstić information content (AvgIpc) is 2.83. The third-order valence-corrected chi connectivity index (χ3v) is 3.75. The molecule has 2 aromatic carbocycles. The molecule has 0 bridgehead atoms. The highest BCUT2D eigenvalue weighted by Crippen LogP contribution is 2.28. The van der Waals surface area contributed by atoms with Gasteiger partial charge in [0.1, 0.15) is 5.58 Å². The molecule has 0 saturated carbocycles. The molecule has 0 radical (unpaired) electrons. The van der Waals surface area contributed by atoms with E-state index < -0.39 is 0 Å². The molecule has 3 rings (SSSR count). The highest BCUT2D eigenvalue weighted by Gasteiger charge is 2.12. The van der Waals surface area contributed by atoms with Gasteiger partial charge in [-0.15, -0.1) is 0 Å². The van der Waals surface area contributed by atoms with E-state index in [4.69, 9.17) is 16.0 Å². The van der Waals surface area contributed by atoms with E-state index in [9.17, 15) is 4.79 Å². The molecule has 1 N–H and O–H groups in total. The number of fused-ring (bicyclic) bond motifs is 1. The van der Waals surface area contributed by atoms with Crippen molar-refractivity contribution in [1.82, 2.24) is 0 Å². The third-order valence-electron chi connectivity index (χ3n) is 3.34. The van der Waals surface area contributed by atoms with Crippen molar-refractivity contribution in [3.05, 3.63) is 64.9 Å². The molecule has 0 unspecified atom stereocenters. The molecule has 0 spiro atoms. The van der Waals surface area contributed by atoms with Crippen molar-refractivity contribution < 1.29 is 9.21 Å². The first-order chi connectivity index (χ1) is 10.1. The Balaban J connectivity index is 1.82. The Morgan fingerprint density at radius 1 is 1.24 bits per heavy atom. The lowest BCUT2D eigenvalue weighted by Crippen LogP contribution is -2.13. The van der Waals surface area contributed by atoms with Gasteiger partial charge in [-0.3, -0.25) is 4.79 Å². The first-order valence-corrected chi connectivity index (χ1v) is 7.02. The van der Waals surface area contributed by atoms with Crippen molar-refractivity contribution in [3.8, 4) is 0 Å². The molecule has 0 aliphatic rings. The van der Waals surface area contributed by atoms with Crippen molar-refractivity contribution >= 4 is 34.2 Å². The minimum Gasteiger partial charge on any atom is -0.464 e. The normalized spacial score (nSPS) is 10.8. The van der Waals surface area contributed by atoms with E-state index in [1.807, 2.05) is 49.4 Å². The van der Waals surface area contributed by atoms with Gasteiger partial charge in [-0.05, 0) is 36.8 Å². The summed E-state index contributed by atoms with van der Waals surface area (Å²) in [6.45, 7) is 1.92. The van der Waals surface area contributed by atoms with E-state index in [1.54, 1.807) is 6.26 Å². The second-order valence-corrected chi connectivity index (χ2v) is 5.36. The summed E-state index contributed by atoms with van der Waals surface area (Å²) in [5.74, 6) is -0.0828. The van der Waals surface area contributed by atoms with Crippen LogP contribution in [-0.2, 0) is 11.2 Å². The zero-order chi connectivity index (χ0) is 14.8. The Kier molecular flexibility index (Phi) is 3.67. The van der Waals surface area contributed by atoms with Crippen LogP contribution in [0.2, 0.25) is 5.02 Å². The summed E-state index contributed by atoms with van der Waals surface area (Å²) in [7, 11) is 0. The van der Waals surface area contributed by atoms with Crippen LogP contribution in [-0.4, -0.2) is 5.91 Å². The molecule has 1 heterocycles. The molecule has 3 nitrogen and oxygen atoms in total. The molecule has 0 aliphatic carbocycles. The van der Waals surface area contributed by atoms with E-state index in [-0.39, 0.29) is 12.3 Å². The fourth-order valence-electron chi connectivity index (χ4n) is 2.24. The molecule has 0 atom stereocenters. The number of aryl methyl sites for hydroxylation is 1. The Hall–Kier alpha value is -2.26. The second kappa shape index (κ2) is 5.62. The molecule has 106 valence electrons. The number of amides is 1. The summed E-state index contributed by atoms with van der Waals surface area (Å²) >= 11 is 6.14. The fourth-order valence-corrected chi connectivity index (χ4v) is 2.40. The van der Waals surface area contributed by atoms with Crippen molar-refractivity contribution in [2.75, 3.05) is 5.32 Å². The topological polar surface area (TPSA) is 42.2 Å². The molecule has 1 aromatic heterocycles. The maximum atomic E-state index is 12.1. The van der Waals surface area contributed by atoms with Gasteiger partial charge < -0.3 is 9.73 Å². The van der Waals surface area contributed by atoms with Gasteiger partial charge in [0.25, 0.3) is 0 Å². The minimum absolute atomic E-state index is 0.0828. The monoisotopic (exact) mass is 299 g/mol. The summed E-state index contributed by atoms with van der Waals surface area (Å²) in [4.78, 5) is 12.1. The number of para-hydroxylation sites is 1. The lowest BCUT2D eigenvalue weighted by atomic mass is 10.1. The number of nitrogens with one attached hydrogen (secondary N) is 1. The van der Waals surface area contributed by atoms with Gasteiger partial charge >= 0.3 is 0 Å². The summed E-state index contributed by atoms with van der Waals surface area (Å²) in [6, 6.07) is 13.1. The predicted octanol–water partition coefficient (Wildman–Crippen LogP) is 4.58. The van der Waals surface area contributed by atoms with Crippen LogP contribution in [0.25, 0.3) is 11.0 Å². The largest absolute Gasteiger partial charge is 0.464 e. The molecule has 3 aromatic rings. The second-order valence-electron chi connectivity index (χ2n) is 4.95. The van der Waals surface area contributed by atoms with Crippen LogP contribution in [0.1, 0.15) is 11.1 Å². The van der Waals surface area contributed by atoms with Crippen molar-refractivity contribution in [1.29, 1.82) is 0 Å². The van der Waals surface area contributed by atoms with E-state index >= 15 is 0 Å². The molecular formula is C17H14ClNO2. The lowest BCUT2D eigenvalue weighted by molar-refractivity contribution is -0.115. The summed E-state index contributed by atoms with van der Waals surface area (Å²) in [6.07, 6.45) is 1.87. The molecule has 0 aliphatic heterocycles. The Labute approximate surface area is 127 Å². The van der Waals surface area contributed by atoms with Crippen LogP contribution in [0.4, 0.5) is 5.69 Å². The smallest absolute Gasteiger partial charge is 0.228 e. The molecular weight excluding hydrogens is 286 g/mol. The predicted molar refractivity (Wildman–Crippen MR) is 84.7 cm³/mol. The molecule has 4 heteroatoms. The Bertz CT molecular complexity index is 793. The van der Waals surface area contributed by atoms with Crippen molar-refractivity contribution in [2.24, 2.45) is 0 Å². The number of carbonyl (C=O) groups is 1. The molecule has 1 amide bonds. The van der Waals surface area contributed by atoms with Gasteiger partial charge in [-0.2, -0.15) is 0 Å². The molecule has 21 heavy (non-hydrogen) atoms. The van der Waals surface area contributed by atoms with Crippen LogP contribution in [0.15, 0.2) is 53.1 Å². The maximum absolute atomic E-state index is 12.1. The van der Waals surface area contributed by atoms with Crippen LogP contribution in [0.5, 0.6) is 0 Å². The first kappa shape index (κ1) is 13.7. The van der Waals surface area contributed by atoms with Gasteiger partial charge in [-0.1, -0.05) is 29.8 Å². The Morgan fingerprint density at radius 2 is 2.00 bits per heavy atom. The van der Waals surface area contributed by atoms with Gasteiger partial charge in [0, 0.05) is 21.7 Å². The minimum atomic E-state index is -0.0828. The SMILES string of the molecule is Cc1cc2occ(CC(=O)Nc3ccccc3)c2cc1Cl. The zero-order valence-corrected chi connectivity index (χ0v) is 12.3. The molecule has 0 saturated heterocycles. The van der Waals surface area contributed by atoms with Gasteiger partial charge in [-0.25, -0.2) is 0 Å². The number of benzene rings is 2. The van der Waals surface area contributed by atoms with E-state index in [0.29, 0.717) is 5.02 Å². The number of furan rings is 1. The van der Waals surface area contributed by atoms with Crippen LogP contribution >= 0.6 is 11.6 Å². The molecule has 0 fully saturated rings. The van der Waals surface area contributed by atoms with E-state index in [2.05, 4.69) is 5.32 Å². The number of hydrogen-bond donors (Lipinski definition) is 1. The number of anilines is 1. The zero-order valence-electron chi connectivity index (χ0n) is 11.5. The number of rotatable bonds is 3. The summed E-state index contributed by atoms with van der Waals surface area (Å²) < 4.78 is 5.50. The van der Waals surface area contributed by atoms with Crippen LogP contribution in [0.3, 0.4) is 0 Å². The highest BCUT2D eigenvalue weighted by molar-refractivity contribution is 6.32. The first-order valence-electron chi connectivity index (χ1n) is 6.64. The maximum Gasteiger partial charge on any atom is 0.228 e.